The van der Waals surface area contributed by atoms with Gasteiger partial charge in [0.2, 0.25) is 5.91 Å². The van der Waals surface area contributed by atoms with E-state index in [9.17, 15) is 9.59 Å². The zero-order chi connectivity index (χ0) is 11.0. The molecule has 0 fully saturated rings. The van der Waals surface area contributed by atoms with Gasteiger partial charge in [-0.05, 0) is 7.05 Å². The lowest BCUT2D eigenvalue weighted by Crippen LogP contribution is -2.43. The Bertz CT molecular complexity index is 199. The van der Waals surface area contributed by atoms with Crippen molar-refractivity contribution in [1.29, 1.82) is 0 Å². The molecule has 4 N–H and O–H groups in total. The van der Waals surface area contributed by atoms with Crippen molar-refractivity contribution in [2.45, 2.75) is 6.04 Å². The minimum absolute atomic E-state index is 0.00163. The maximum Gasteiger partial charge on any atom is 0.237 e. The predicted octanol–water partition coefficient (Wildman–Crippen LogP) is -1.42. The highest BCUT2D eigenvalue weighted by atomic mass is 32.2. The topological polar surface area (TPSA) is 84.2 Å². The van der Waals surface area contributed by atoms with E-state index >= 15 is 0 Å². The first-order valence-electron chi connectivity index (χ1n) is 4.34. The molecule has 1 atom stereocenters. The van der Waals surface area contributed by atoms with Gasteiger partial charge in [-0.2, -0.15) is 11.8 Å². The molecular formula is C8H17N3O2S. The molecule has 0 heterocycles. The molecule has 5 nitrogen and oxygen atoms in total. The zero-order valence-electron chi connectivity index (χ0n) is 8.50. The van der Waals surface area contributed by atoms with Crippen LogP contribution in [0.2, 0.25) is 0 Å². The molecule has 0 aliphatic rings. The Balaban J connectivity index is 3.73. The summed E-state index contributed by atoms with van der Waals surface area (Å²) in [5, 5.41) is 5.41. The molecule has 0 saturated carbocycles. The quantitative estimate of drug-likeness (QED) is 0.489. The average molecular weight is 219 g/mol. The number of hydrogen-bond acceptors (Lipinski definition) is 5. The van der Waals surface area contributed by atoms with Crippen LogP contribution >= 0.6 is 11.8 Å². The molecule has 0 saturated heterocycles. The Morgan fingerprint density at radius 2 is 2.07 bits per heavy atom. The molecule has 82 valence electrons. The van der Waals surface area contributed by atoms with Crippen LogP contribution in [0.25, 0.3) is 0 Å². The van der Waals surface area contributed by atoms with E-state index in [-0.39, 0.29) is 24.3 Å². The number of ketones is 1. The average Bonchev–Trinajstić information content (AvgIpc) is 2.22. The van der Waals surface area contributed by atoms with Crippen molar-refractivity contribution in [3.8, 4) is 0 Å². The van der Waals surface area contributed by atoms with E-state index in [0.717, 1.165) is 0 Å². The molecule has 0 aromatic heterocycles. The number of rotatable bonds is 7. The Morgan fingerprint density at radius 3 is 2.50 bits per heavy atom. The Labute approximate surface area is 88.2 Å². The van der Waals surface area contributed by atoms with Crippen molar-refractivity contribution in [3.63, 3.8) is 0 Å². The van der Waals surface area contributed by atoms with E-state index in [1.165, 1.54) is 11.8 Å². The number of carbonyl (C=O) groups is 2. The number of carbonyl (C=O) groups excluding carboxylic acids is 2. The van der Waals surface area contributed by atoms with E-state index in [4.69, 9.17) is 5.73 Å². The molecule has 0 bridgehead atoms. The minimum Gasteiger partial charge on any atom is -0.358 e. The molecule has 14 heavy (non-hydrogen) atoms. The largest absolute Gasteiger partial charge is 0.358 e. The van der Waals surface area contributed by atoms with E-state index in [2.05, 4.69) is 10.6 Å². The molecule has 0 aromatic carbocycles. The van der Waals surface area contributed by atoms with Gasteiger partial charge in [-0.1, -0.05) is 0 Å². The number of Topliss-reactive ketones (excluding diaryl/α,β-unsaturated/α-hetero) is 1. The van der Waals surface area contributed by atoms with Crippen molar-refractivity contribution in [2.24, 2.45) is 5.73 Å². The van der Waals surface area contributed by atoms with Crippen LogP contribution in [0.4, 0.5) is 0 Å². The number of likely N-dealkylation sites (N-methyl/N-ethyl adjacent to an activating group) is 2. The standard InChI is InChI=1S/C8H17N3O2S/c1-10-7(8(13)11-2)5-14-4-6(12)3-9/h7,10H,3-5,9H2,1-2H3,(H,11,13). The molecule has 6 heteroatoms. The molecule has 0 rings (SSSR count). The monoisotopic (exact) mass is 219 g/mol. The number of nitrogens with one attached hydrogen (secondary N) is 2. The second-order valence-electron chi connectivity index (χ2n) is 2.71. The summed E-state index contributed by atoms with van der Waals surface area (Å²) in [5.41, 5.74) is 5.15. The predicted molar refractivity (Wildman–Crippen MR) is 58.3 cm³/mol. The summed E-state index contributed by atoms with van der Waals surface area (Å²) in [6.07, 6.45) is 0. The smallest absolute Gasteiger partial charge is 0.237 e. The number of amides is 1. The van der Waals surface area contributed by atoms with Gasteiger partial charge >= 0.3 is 0 Å². The first-order valence-corrected chi connectivity index (χ1v) is 5.49. The molecule has 1 unspecified atom stereocenters. The molecule has 0 aliphatic carbocycles. The second-order valence-corrected chi connectivity index (χ2v) is 3.74. The molecule has 0 spiro atoms. The third kappa shape index (κ3) is 5.21. The van der Waals surface area contributed by atoms with Gasteiger partial charge in [-0.3, -0.25) is 9.59 Å². The van der Waals surface area contributed by atoms with Crippen molar-refractivity contribution in [3.05, 3.63) is 0 Å². The van der Waals surface area contributed by atoms with Gasteiger partial charge in [0.15, 0.2) is 5.78 Å². The van der Waals surface area contributed by atoms with Gasteiger partial charge in [0.1, 0.15) is 0 Å². The van der Waals surface area contributed by atoms with E-state index in [1.54, 1.807) is 14.1 Å². The van der Waals surface area contributed by atoms with Crippen molar-refractivity contribution in [1.82, 2.24) is 10.6 Å². The van der Waals surface area contributed by atoms with Crippen LogP contribution in [-0.4, -0.2) is 49.9 Å². The fraction of sp³-hybridized carbons (Fsp3) is 0.750. The highest BCUT2D eigenvalue weighted by molar-refractivity contribution is 8.00. The van der Waals surface area contributed by atoms with Crippen LogP contribution in [0.15, 0.2) is 0 Å². The highest BCUT2D eigenvalue weighted by Gasteiger charge is 2.14. The summed E-state index contributed by atoms with van der Waals surface area (Å²) in [7, 11) is 3.30. The van der Waals surface area contributed by atoms with Gasteiger partial charge in [0.25, 0.3) is 0 Å². The van der Waals surface area contributed by atoms with Crippen LogP contribution in [0, 0.1) is 0 Å². The summed E-state index contributed by atoms with van der Waals surface area (Å²) in [6, 6.07) is -0.254. The van der Waals surface area contributed by atoms with Crippen LogP contribution in [0.1, 0.15) is 0 Å². The summed E-state index contributed by atoms with van der Waals surface area (Å²) >= 11 is 1.41. The van der Waals surface area contributed by atoms with Gasteiger partial charge in [0.05, 0.1) is 18.3 Å². The summed E-state index contributed by atoms with van der Waals surface area (Å²) < 4.78 is 0. The molecular weight excluding hydrogens is 202 g/mol. The van der Waals surface area contributed by atoms with Crippen LogP contribution in [0.5, 0.6) is 0 Å². The van der Waals surface area contributed by atoms with Crippen molar-refractivity contribution >= 4 is 23.5 Å². The van der Waals surface area contributed by atoms with Crippen LogP contribution in [0.3, 0.4) is 0 Å². The maximum absolute atomic E-state index is 11.2. The van der Waals surface area contributed by atoms with Gasteiger partial charge < -0.3 is 16.4 Å². The normalized spacial score (nSPS) is 12.2. The fourth-order valence-electron chi connectivity index (χ4n) is 0.814. The molecule has 0 aromatic rings. The third-order valence-corrected chi connectivity index (χ3v) is 2.78. The third-order valence-electron chi connectivity index (χ3n) is 1.69. The Hall–Kier alpha value is -0.590. The van der Waals surface area contributed by atoms with E-state index in [1.807, 2.05) is 0 Å². The molecule has 1 amide bonds. The minimum atomic E-state index is -0.254. The number of nitrogens with two attached hydrogens (primary N) is 1. The van der Waals surface area contributed by atoms with Crippen molar-refractivity contribution < 1.29 is 9.59 Å². The first kappa shape index (κ1) is 13.4. The van der Waals surface area contributed by atoms with Gasteiger partial charge in [0, 0.05) is 12.8 Å². The highest BCUT2D eigenvalue weighted by Crippen LogP contribution is 2.02. The van der Waals surface area contributed by atoms with Crippen LogP contribution in [-0.2, 0) is 9.59 Å². The van der Waals surface area contributed by atoms with Gasteiger partial charge in [-0.25, -0.2) is 0 Å². The Morgan fingerprint density at radius 1 is 1.43 bits per heavy atom. The zero-order valence-corrected chi connectivity index (χ0v) is 9.32. The molecule has 0 aliphatic heterocycles. The number of hydrogen-bond donors (Lipinski definition) is 3. The lowest BCUT2D eigenvalue weighted by atomic mass is 10.3. The van der Waals surface area contributed by atoms with Crippen molar-refractivity contribution in [2.75, 3.05) is 32.1 Å². The van der Waals surface area contributed by atoms with Crippen LogP contribution < -0.4 is 16.4 Å². The summed E-state index contributed by atoms with van der Waals surface area (Å²) in [4.78, 5) is 22.0. The summed E-state index contributed by atoms with van der Waals surface area (Å²) in [6.45, 7) is 0.0667. The maximum atomic E-state index is 11.2. The lowest BCUT2D eigenvalue weighted by Gasteiger charge is -2.13. The fourth-order valence-corrected chi connectivity index (χ4v) is 1.83. The van der Waals surface area contributed by atoms with Gasteiger partial charge in [-0.15, -0.1) is 0 Å². The summed E-state index contributed by atoms with van der Waals surface area (Å²) in [5.74, 6) is 0.870. The second kappa shape index (κ2) is 7.78. The SMILES string of the molecule is CNC(=O)C(CSCC(=O)CN)NC. The Kier molecular flexibility index (Phi) is 7.45. The molecule has 0 radical (unpaired) electrons. The number of thioether (sulfide) groups is 1. The lowest BCUT2D eigenvalue weighted by molar-refractivity contribution is -0.122. The van der Waals surface area contributed by atoms with E-state index < -0.39 is 0 Å². The van der Waals surface area contributed by atoms with E-state index in [0.29, 0.717) is 11.5 Å². The first-order chi connectivity index (χ1) is 6.65.